The Morgan fingerprint density at radius 2 is 1.52 bits per heavy atom. The van der Waals surface area contributed by atoms with E-state index in [1.807, 2.05) is 24.3 Å². The predicted molar refractivity (Wildman–Crippen MR) is 115 cm³/mol. The van der Waals surface area contributed by atoms with E-state index in [2.05, 4.69) is 23.8 Å². The maximum Gasteiger partial charge on any atom is 0.159 e. The van der Waals surface area contributed by atoms with Gasteiger partial charge in [-0.15, -0.1) is 0 Å². The molecule has 5 heteroatoms. The minimum absolute atomic E-state index is 0.221. The topological polar surface area (TPSA) is 56.8 Å². The van der Waals surface area contributed by atoms with Gasteiger partial charge in [-0.3, -0.25) is 0 Å². The molecule has 0 aliphatic carbocycles. The van der Waals surface area contributed by atoms with Gasteiger partial charge in [-0.2, -0.15) is 0 Å². The smallest absolute Gasteiger partial charge is 0.159 e. The Labute approximate surface area is 174 Å². The average molecular weight is 399 g/mol. The summed E-state index contributed by atoms with van der Waals surface area (Å²) in [6.45, 7) is 5.75. The maximum absolute atomic E-state index is 5.84. The van der Waals surface area contributed by atoms with E-state index >= 15 is 0 Å². The number of hydrogen-bond donors (Lipinski definition) is 0. The molecule has 1 aromatic heterocycles. The van der Waals surface area contributed by atoms with Crippen molar-refractivity contribution in [2.24, 2.45) is 0 Å². The number of ether oxygens (including phenoxy) is 3. The Morgan fingerprint density at radius 3 is 2.24 bits per heavy atom. The molecule has 1 aliphatic heterocycles. The first-order valence-electron chi connectivity index (χ1n) is 11.1. The third-order valence-electron chi connectivity index (χ3n) is 5.18. The van der Waals surface area contributed by atoms with E-state index in [4.69, 9.17) is 14.2 Å². The Balaban J connectivity index is 1.38. The number of aromatic nitrogens is 2. The molecular formula is C24H34N2O3. The SMILES string of the molecule is CCCCCCCCOc1ccc(-c2ncc(OCC3OC3CCC)cn2)cc1. The maximum atomic E-state index is 5.84. The zero-order valence-electron chi connectivity index (χ0n) is 17.8. The van der Waals surface area contributed by atoms with Gasteiger partial charge in [-0.25, -0.2) is 9.97 Å². The second-order valence-electron chi connectivity index (χ2n) is 7.70. The molecule has 3 rings (SSSR count). The van der Waals surface area contributed by atoms with E-state index in [0.29, 0.717) is 24.3 Å². The molecule has 2 aromatic rings. The lowest BCUT2D eigenvalue weighted by atomic mass is 10.1. The van der Waals surface area contributed by atoms with Crippen molar-refractivity contribution in [3.05, 3.63) is 36.7 Å². The summed E-state index contributed by atoms with van der Waals surface area (Å²) in [4.78, 5) is 8.85. The Bertz CT molecular complexity index is 703. The second-order valence-corrected chi connectivity index (χ2v) is 7.70. The molecular weight excluding hydrogens is 364 g/mol. The van der Waals surface area contributed by atoms with Crippen LogP contribution in [-0.2, 0) is 4.74 Å². The number of benzene rings is 1. The molecule has 1 aliphatic rings. The zero-order valence-corrected chi connectivity index (χ0v) is 17.8. The first kappa shape index (κ1) is 21.6. The summed E-state index contributed by atoms with van der Waals surface area (Å²) in [5, 5.41) is 0. The zero-order chi connectivity index (χ0) is 20.3. The summed E-state index contributed by atoms with van der Waals surface area (Å²) < 4.78 is 17.1. The number of rotatable bonds is 14. The van der Waals surface area contributed by atoms with Crippen molar-refractivity contribution in [2.45, 2.75) is 77.4 Å². The Hall–Kier alpha value is -2.14. The van der Waals surface area contributed by atoms with Crippen LogP contribution in [0.15, 0.2) is 36.7 Å². The van der Waals surface area contributed by atoms with Crippen LogP contribution in [-0.4, -0.2) is 35.4 Å². The third kappa shape index (κ3) is 7.32. The highest BCUT2D eigenvalue weighted by Gasteiger charge is 2.38. The van der Waals surface area contributed by atoms with Crippen molar-refractivity contribution >= 4 is 0 Å². The Morgan fingerprint density at radius 1 is 0.793 bits per heavy atom. The molecule has 0 N–H and O–H groups in total. The highest BCUT2D eigenvalue weighted by molar-refractivity contribution is 5.56. The van der Waals surface area contributed by atoms with Crippen LogP contribution < -0.4 is 9.47 Å². The highest BCUT2D eigenvalue weighted by atomic mass is 16.6. The van der Waals surface area contributed by atoms with Gasteiger partial charge in [0.2, 0.25) is 0 Å². The average Bonchev–Trinajstić information content (AvgIpc) is 3.51. The summed E-state index contributed by atoms with van der Waals surface area (Å²) in [5.41, 5.74) is 0.969. The molecule has 0 radical (unpaired) electrons. The summed E-state index contributed by atoms with van der Waals surface area (Å²) in [6, 6.07) is 7.97. The summed E-state index contributed by atoms with van der Waals surface area (Å²) in [6.07, 6.45) is 13.9. The van der Waals surface area contributed by atoms with Gasteiger partial charge in [0.25, 0.3) is 0 Å². The van der Waals surface area contributed by atoms with Crippen molar-refractivity contribution in [1.82, 2.24) is 9.97 Å². The minimum Gasteiger partial charge on any atom is -0.494 e. The highest BCUT2D eigenvalue weighted by Crippen LogP contribution is 2.27. The number of epoxide rings is 1. The van der Waals surface area contributed by atoms with Gasteiger partial charge in [0.05, 0.1) is 25.1 Å². The van der Waals surface area contributed by atoms with Crippen LogP contribution in [0.4, 0.5) is 0 Å². The van der Waals surface area contributed by atoms with Crippen molar-refractivity contribution < 1.29 is 14.2 Å². The lowest BCUT2D eigenvalue weighted by Gasteiger charge is -2.08. The standard InChI is InChI=1S/C24H34N2O3/c1-3-5-6-7-8-9-15-27-20-13-11-19(12-14-20)24-25-16-21(17-26-24)28-18-23-22(29-23)10-4-2/h11-14,16-17,22-23H,3-10,15,18H2,1-2H3. The van der Waals surface area contributed by atoms with Gasteiger partial charge < -0.3 is 14.2 Å². The van der Waals surface area contributed by atoms with Crippen molar-refractivity contribution in [3.8, 4) is 22.9 Å². The third-order valence-corrected chi connectivity index (χ3v) is 5.18. The molecule has 2 unspecified atom stereocenters. The fourth-order valence-electron chi connectivity index (χ4n) is 3.36. The fourth-order valence-corrected chi connectivity index (χ4v) is 3.36. The van der Waals surface area contributed by atoms with Crippen molar-refractivity contribution in [1.29, 1.82) is 0 Å². The lowest BCUT2D eigenvalue weighted by molar-refractivity contribution is 0.258. The molecule has 29 heavy (non-hydrogen) atoms. The monoisotopic (exact) mass is 398 g/mol. The molecule has 5 nitrogen and oxygen atoms in total. The van der Waals surface area contributed by atoms with Gasteiger partial charge in [-0.05, 0) is 37.1 Å². The van der Waals surface area contributed by atoms with Crippen LogP contribution in [0.25, 0.3) is 11.4 Å². The molecule has 0 amide bonds. The summed E-state index contributed by atoms with van der Waals surface area (Å²) in [7, 11) is 0. The van der Waals surface area contributed by atoms with Crippen LogP contribution in [0, 0.1) is 0 Å². The van der Waals surface area contributed by atoms with E-state index in [1.54, 1.807) is 12.4 Å². The molecule has 2 atom stereocenters. The predicted octanol–water partition coefficient (Wildman–Crippen LogP) is 5.83. The van der Waals surface area contributed by atoms with E-state index in [1.165, 1.54) is 32.1 Å². The van der Waals surface area contributed by atoms with Gasteiger partial charge >= 0.3 is 0 Å². The van der Waals surface area contributed by atoms with E-state index < -0.39 is 0 Å². The van der Waals surface area contributed by atoms with Crippen LogP contribution in [0.3, 0.4) is 0 Å². The molecule has 1 saturated heterocycles. The number of unbranched alkanes of at least 4 members (excludes halogenated alkanes) is 5. The normalized spacial score (nSPS) is 17.9. The van der Waals surface area contributed by atoms with Crippen LogP contribution in [0.2, 0.25) is 0 Å². The quantitative estimate of drug-likeness (QED) is 0.296. The molecule has 158 valence electrons. The van der Waals surface area contributed by atoms with Gasteiger partial charge in [-0.1, -0.05) is 52.4 Å². The number of nitrogens with zero attached hydrogens (tertiary/aromatic N) is 2. The van der Waals surface area contributed by atoms with Crippen LogP contribution >= 0.6 is 0 Å². The van der Waals surface area contributed by atoms with E-state index in [9.17, 15) is 0 Å². The lowest BCUT2D eigenvalue weighted by Crippen LogP contribution is -2.08. The molecule has 1 fully saturated rings. The van der Waals surface area contributed by atoms with Crippen LogP contribution in [0.5, 0.6) is 11.5 Å². The molecule has 0 bridgehead atoms. The van der Waals surface area contributed by atoms with Gasteiger partial charge in [0.1, 0.15) is 18.5 Å². The Kier molecular flexibility index (Phi) is 8.75. The first-order valence-corrected chi connectivity index (χ1v) is 11.1. The molecule has 0 saturated carbocycles. The molecule has 1 aromatic carbocycles. The minimum atomic E-state index is 0.221. The second kappa shape index (κ2) is 11.8. The fraction of sp³-hybridized carbons (Fsp3) is 0.583. The van der Waals surface area contributed by atoms with Crippen molar-refractivity contribution in [2.75, 3.05) is 13.2 Å². The van der Waals surface area contributed by atoms with Gasteiger partial charge in [0, 0.05) is 5.56 Å². The van der Waals surface area contributed by atoms with Crippen molar-refractivity contribution in [3.63, 3.8) is 0 Å². The summed E-state index contributed by atoms with van der Waals surface area (Å²) in [5.74, 6) is 2.26. The molecule has 2 heterocycles. The largest absolute Gasteiger partial charge is 0.494 e. The van der Waals surface area contributed by atoms with E-state index in [-0.39, 0.29) is 6.10 Å². The first-order chi connectivity index (χ1) is 14.3. The molecule has 0 spiro atoms. The van der Waals surface area contributed by atoms with E-state index in [0.717, 1.165) is 37.2 Å². The summed E-state index contributed by atoms with van der Waals surface area (Å²) >= 11 is 0. The number of hydrogen-bond acceptors (Lipinski definition) is 5. The van der Waals surface area contributed by atoms with Gasteiger partial charge in [0.15, 0.2) is 11.6 Å². The van der Waals surface area contributed by atoms with Crippen LogP contribution in [0.1, 0.15) is 65.2 Å².